The number of fused-ring (bicyclic) bond motifs is 1. The molecule has 0 bridgehead atoms. The first kappa shape index (κ1) is 19.4. The molecule has 6 heteroatoms. The zero-order valence-electron chi connectivity index (χ0n) is 17.1. The van der Waals surface area contributed by atoms with Crippen LogP contribution in [0.25, 0.3) is 5.52 Å². The molecule has 0 atom stereocenters. The van der Waals surface area contributed by atoms with Crippen LogP contribution in [0, 0.1) is 20.8 Å². The summed E-state index contributed by atoms with van der Waals surface area (Å²) in [6, 6.07) is 18.6. The van der Waals surface area contributed by atoms with E-state index in [1.165, 1.54) is 0 Å². The summed E-state index contributed by atoms with van der Waals surface area (Å²) < 4.78 is 1.63. The van der Waals surface area contributed by atoms with E-state index in [9.17, 15) is 9.59 Å². The second-order valence-electron chi connectivity index (χ2n) is 7.26. The highest BCUT2D eigenvalue weighted by Crippen LogP contribution is 2.21. The molecule has 30 heavy (non-hydrogen) atoms. The molecule has 0 unspecified atom stereocenters. The minimum absolute atomic E-state index is 0.153. The van der Waals surface area contributed by atoms with Crippen LogP contribution in [-0.2, 0) is 0 Å². The third-order valence-electron chi connectivity index (χ3n) is 5.13. The Morgan fingerprint density at radius 3 is 2.37 bits per heavy atom. The monoisotopic (exact) mass is 398 g/mol. The second-order valence-corrected chi connectivity index (χ2v) is 7.26. The van der Waals surface area contributed by atoms with Gasteiger partial charge in [0.1, 0.15) is 0 Å². The van der Waals surface area contributed by atoms with Crippen molar-refractivity contribution in [2.75, 3.05) is 10.6 Å². The fraction of sp³-hybridized carbons (Fsp3) is 0.125. The van der Waals surface area contributed by atoms with Crippen LogP contribution in [0.1, 0.15) is 37.8 Å². The van der Waals surface area contributed by atoms with Gasteiger partial charge < -0.3 is 10.6 Å². The lowest BCUT2D eigenvalue weighted by molar-refractivity contribution is 0.101. The molecule has 0 saturated heterocycles. The van der Waals surface area contributed by atoms with Crippen LogP contribution in [0.4, 0.5) is 11.4 Å². The van der Waals surface area contributed by atoms with Crippen molar-refractivity contribution in [1.82, 2.24) is 9.38 Å². The number of nitrogens with zero attached hydrogens (tertiary/aromatic N) is 2. The number of hydrogen-bond acceptors (Lipinski definition) is 3. The molecule has 2 aromatic heterocycles. The third kappa shape index (κ3) is 3.67. The smallest absolute Gasteiger partial charge is 0.292 e. The summed E-state index contributed by atoms with van der Waals surface area (Å²) in [5.74, 6) is -0.590. The molecule has 150 valence electrons. The molecule has 0 saturated carbocycles. The summed E-state index contributed by atoms with van der Waals surface area (Å²) >= 11 is 0. The topological polar surface area (TPSA) is 75.5 Å². The van der Waals surface area contributed by atoms with Gasteiger partial charge in [-0.05, 0) is 62.2 Å². The van der Waals surface area contributed by atoms with Crippen molar-refractivity contribution in [3.8, 4) is 0 Å². The van der Waals surface area contributed by atoms with Gasteiger partial charge >= 0.3 is 0 Å². The van der Waals surface area contributed by atoms with Crippen LogP contribution in [-0.4, -0.2) is 21.2 Å². The molecule has 6 nitrogen and oxygen atoms in total. The van der Waals surface area contributed by atoms with Crippen LogP contribution in [0.3, 0.4) is 0 Å². The van der Waals surface area contributed by atoms with Crippen LogP contribution in [0.2, 0.25) is 0 Å². The van der Waals surface area contributed by atoms with Gasteiger partial charge in [0.2, 0.25) is 5.82 Å². The number of aromatic nitrogens is 2. The molecular formula is C24H22N4O2. The minimum Gasteiger partial charge on any atom is -0.321 e. The van der Waals surface area contributed by atoms with Crippen molar-refractivity contribution < 1.29 is 9.59 Å². The van der Waals surface area contributed by atoms with Crippen molar-refractivity contribution >= 4 is 28.7 Å². The van der Waals surface area contributed by atoms with Crippen LogP contribution in [0.15, 0.2) is 66.9 Å². The Morgan fingerprint density at radius 1 is 0.833 bits per heavy atom. The van der Waals surface area contributed by atoms with Crippen LogP contribution >= 0.6 is 0 Å². The van der Waals surface area contributed by atoms with E-state index >= 15 is 0 Å². The summed E-state index contributed by atoms with van der Waals surface area (Å²) in [7, 11) is 0. The third-order valence-corrected chi connectivity index (χ3v) is 5.13. The Kier molecular flexibility index (Phi) is 5.06. The molecule has 2 N–H and O–H groups in total. The highest BCUT2D eigenvalue weighted by Gasteiger charge is 2.22. The fourth-order valence-electron chi connectivity index (χ4n) is 3.26. The summed E-state index contributed by atoms with van der Waals surface area (Å²) in [5.41, 5.74) is 5.33. The number of rotatable bonds is 4. The van der Waals surface area contributed by atoms with Gasteiger partial charge in [-0.1, -0.05) is 35.9 Å². The average Bonchev–Trinajstić information content (AvgIpc) is 3.13. The van der Waals surface area contributed by atoms with Gasteiger partial charge in [0, 0.05) is 17.6 Å². The molecule has 2 amide bonds. The number of carbonyl (C=O) groups is 2. The molecule has 2 aromatic carbocycles. The zero-order valence-corrected chi connectivity index (χ0v) is 17.1. The molecule has 4 aromatic rings. The van der Waals surface area contributed by atoms with Crippen molar-refractivity contribution in [3.63, 3.8) is 0 Å². The maximum atomic E-state index is 13.0. The fourth-order valence-corrected chi connectivity index (χ4v) is 3.26. The van der Waals surface area contributed by atoms with E-state index < -0.39 is 0 Å². The van der Waals surface area contributed by atoms with Crippen molar-refractivity contribution in [2.45, 2.75) is 20.8 Å². The number of pyridine rings is 1. The Labute approximate surface area is 174 Å². The van der Waals surface area contributed by atoms with Crippen LogP contribution in [0.5, 0.6) is 0 Å². The van der Waals surface area contributed by atoms with E-state index in [-0.39, 0.29) is 23.3 Å². The maximum absolute atomic E-state index is 13.0. The quantitative estimate of drug-likeness (QED) is 0.520. The molecule has 0 aliphatic rings. The molecule has 0 fully saturated rings. The minimum atomic E-state index is -0.376. The first-order chi connectivity index (χ1) is 14.4. The maximum Gasteiger partial charge on any atom is 0.292 e. The number of amides is 2. The highest BCUT2D eigenvalue weighted by atomic mass is 16.2. The molecule has 2 heterocycles. The lowest BCUT2D eigenvalue weighted by atomic mass is 10.1. The highest BCUT2D eigenvalue weighted by molar-refractivity contribution is 6.10. The lowest BCUT2D eigenvalue weighted by Gasteiger charge is -2.09. The molecule has 0 aliphatic heterocycles. The second kappa shape index (κ2) is 7.83. The van der Waals surface area contributed by atoms with Gasteiger partial charge in [-0.15, -0.1) is 0 Å². The van der Waals surface area contributed by atoms with Gasteiger partial charge in [-0.25, -0.2) is 4.98 Å². The van der Waals surface area contributed by atoms with E-state index in [4.69, 9.17) is 0 Å². The van der Waals surface area contributed by atoms with E-state index in [0.717, 1.165) is 22.4 Å². The van der Waals surface area contributed by atoms with Crippen LogP contribution < -0.4 is 10.6 Å². The summed E-state index contributed by atoms with van der Waals surface area (Å²) in [6.45, 7) is 5.92. The predicted octanol–water partition coefficient (Wildman–Crippen LogP) is 4.76. The molecule has 0 radical (unpaired) electrons. The Bertz CT molecular complexity index is 1260. The number of hydrogen-bond donors (Lipinski definition) is 2. The molecule has 4 rings (SSSR count). The summed E-state index contributed by atoms with van der Waals surface area (Å²) in [6.07, 6.45) is 1.73. The van der Waals surface area contributed by atoms with E-state index in [0.29, 0.717) is 11.2 Å². The van der Waals surface area contributed by atoms with E-state index in [2.05, 4.69) is 15.6 Å². The van der Waals surface area contributed by atoms with E-state index in [1.807, 2.05) is 69.3 Å². The van der Waals surface area contributed by atoms with Crippen molar-refractivity contribution in [2.24, 2.45) is 0 Å². The number of benzene rings is 2. The molecule has 0 aliphatic carbocycles. The zero-order chi connectivity index (χ0) is 21.3. The first-order valence-electron chi connectivity index (χ1n) is 9.66. The van der Waals surface area contributed by atoms with Gasteiger partial charge in [0.15, 0.2) is 5.69 Å². The molecular weight excluding hydrogens is 376 g/mol. The number of imidazole rings is 1. The standard InChI is InChI=1S/C24H22N4O2/c1-15-10-12-18(13-11-15)25-23(29)21-20-9-4-5-14-28(20)22(27-21)24(30)26-19-8-6-7-16(2)17(19)3/h4-14H,1-3H3,(H,25,29)(H,26,30). The molecule has 0 spiro atoms. The van der Waals surface area contributed by atoms with Gasteiger partial charge in [0.25, 0.3) is 11.8 Å². The Hall–Kier alpha value is -3.93. The number of anilines is 2. The summed E-state index contributed by atoms with van der Waals surface area (Å²) in [5, 5.41) is 5.76. The predicted molar refractivity (Wildman–Crippen MR) is 118 cm³/mol. The van der Waals surface area contributed by atoms with Gasteiger partial charge in [-0.2, -0.15) is 0 Å². The Balaban J connectivity index is 1.68. The normalized spacial score (nSPS) is 10.8. The first-order valence-corrected chi connectivity index (χ1v) is 9.66. The SMILES string of the molecule is Cc1ccc(NC(=O)c2nc(C(=O)Nc3cccc(C)c3C)n3ccccc23)cc1. The number of carbonyl (C=O) groups excluding carboxylic acids is 2. The summed E-state index contributed by atoms with van der Waals surface area (Å²) in [4.78, 5) is 30.3. The van der Waals surface area contributed by atoms with Gasteiger partial charge in [0.05, 0.1) is 5.52 Å². The van der Waals surface area contributed by atoms with Gasteiger partial charge in [-0.3, -0.25) is 14.0 Å². The van der Waals surface area contributed by atoms with Crippen molar-refractivity contribution in [1.29, 1.82) is 0 Å². The number of aryl methyl sites for hydroxylation is 2. The Morgan fingerprint density at radius 2 is 1.60 bits per heavy atom. The van der Waals surface area contributed by atoms with Crippen molar-refractivity contribution in [3.05, 3.63) is 95.1 Å². The average molecular weight is 398 g/mol. The number of nitrogens with one attached hydrogen (secondary N) is 2. The lowest BCUT2D eigenvalue weighted by Crippen LogP contribution is -2.17. The van der Waals surface area contributed by atoms with E-state index in [1.54, 1.807) is 22.7 Å². The largest absolute Gasteiger partial charge is 0.321 e.